The van der Waals surface area contributed by atoms with Crippen LogP contribution in [0, 0.1) is 11.8 Å². The quantitative estimate of drug-likeness (QED) is 0.797. The van der Waals surface area contributed by atoms with E-state index >= 15 is 0 Å². The number of hydrogen-bond donors (Lipinski definition) is 1. The summed E-state index contributed by atoms with van der Waals surface area (Å²) in [6.07, 6.45) is 6.48. The molecule has 1 nitrogen and oxygen atoms in total. The Labute approximate surface area is 109 Å². The molecule has 0 spiro atoms. The average Bonchev–Trinajstić information content (AvgIpc) is 2.67. The highest BCUT2D eigenvalue weighted by Gasteiger charge is 2.31. The zero-order valence-electron chi connectivity index (χ0n) is 11.0. The molecular weight excluding hydrogens is 228 g/mol. The van der Waals surface area contributed by atoms with Crippen LogP contribution in [0.4, 0.5) is 0 Å². The largest absolute Gasteiger partial charge is 0.390 e. The number of aliphatic hydroxyl groups is 1. The molecule has 96 valence electrons. The van der Waals surface area contributed by atoms with Crippen LogP contribution in [0.3, 0.4) is 0 Å². The smallest absolute Gasteiger partial charge is 0.0688 e. The van der Waals surface area contributed by atoms with Crippen molar-refractivity contribution in [2.75, 3.05) is 0 Å². The summed E-state index contributed by atoms with van der Waals surface area (Å²) in [7, 11) is 0. The lowest BCUT2D eigenvalue weighted by molar-refractivity contribution is 0.0238. The van der Waals surface area contributed by atoms with E-state index in [4.69, 9.17) is 0 Å². The van der Waals surface area contributed by atoms with Gasteiger partial charge in [-0.3, -0.25) is 0 Å². The predicted octanol–water partition coefficient (Wildman–Crippen LogP) is 4.26. The fourth-order valence-corrected chi connectivity index (χ4v) is 3.70. The highest BCUT2D eigenvalue weighted by Crippen LogP contribution is 2.35. The van der Waals surface area contributed by atoms with Crippen molar-refractivity contribution in [2.45, 2.75) is 58.0 Å². The zero-order chi connectivity index (χ0) is 12.3. The number of thiophene rings is 1. The Bertz CT molecular complexity index is 331. The van der Waals surface area contributed by atoms with Crippen LogP contribution in [0.25, 0.3) is 0 Å². The number of rotatable bonds is 3. The van der Waals surface area contributed by atoms with Crippen LogP contribution >= 0.6 is 11.3 Å². The van der Waals surface area contributed by atoms with Crippen LogP contribution < -0.4 is 0 Å². The molecule has 2 heteroatoms. The minimum Gasteiger partial charge on any atom is -0.390 e. The van der Waals surface area contributed by atoms with Crippen molar-refractivity contribution in [3.8, 4) is 0 Å². The maximum Gasteiger partial charge on any atom is 0.0688 e. The van der Waals surface area contributed by atoms with Crippen LogP contribution in [0.5, 0.6) is 0 Å². The van der Waals surface area contributed by atoms with Gasteiger partial charge in [-0.25, -0.2) is 0 Å². The summed E-state index contributed by atoms with van der Waals surface area (Å²) in [4.78, 5) is 0. The molecule has 1 N–H and O–H groups in total. The van der Waals surface area contributed by atoms with Gasteiger partial charge in [0.25, 0.3) is 0 Å². The SMILES string of the molecule is CC(C)C1CCCC(O)(Cc2ccsc2)CC1. The summed E-state index contributed by atoms with van der Waals surface area (Å²) in [5.41, 5.74) is 0.866. The summed E-state index contributed by atoms with van der Waals surface area (Å²) in [6.45, 7) is 4.63. The maximum absolute atomic E-state index is 10.7. The van der Waals surface area contributed by atoms with Crippen molar-refractivity contribution in [1.82, 2.24) is 0 Å². The molecule has 1 aliphatic rings. The first-order valence-corrected chi connectivity index (χ1v) is 7.77. The molecule has 1 saturated carbocycles. The fraction of sp³-hybridized carbons (Fsp3) is 0.733. The third kappa shape index (κ3) is 3.56. The van der Waals surface area contributed by atoms with Crippen molar-refractivity contribution < 1.29 is 5.11 Å². The lowest BCUT2D eigenvalue weighted by Gasteiger charge is -2.26. The van der Waals surface area contributed by atoms with Gasteiger partial charge in [-0.15, -0.1) is 0 Å². The second-order valence-electron chi connectivity index (χ2n) is 5.97. The van der Waals surface area contributed by atoms with E-state index in [1.807, 2.05) is 0 Å². The van der Waals surface area contributed by atoms with Gasteiger partial charge in [0.15, 0.2) is 0 Å². The Morgan fingerprint density at radius 3 is 2.88 bits per heavy atom. The molecule has 2 rings (SSSR count). The molecule has 0 aliphatic heterocycles. The Kier molecular flexibility index (Phi) is 4.26. The van der Waals surface area contributed by atoms with Gasteiger partial charge in [0.05, 0.1) is 5.60 Å². The summed E-state index contributed by atoms with van der Waals surface area (Å²) in [5.74, 6) is 1.57. The van der Waals surface area contributed by atoms with Crippen LogP contribution in [-0.2, 0) is 6.42 Å². The van der Waals surface area contributed by atoms with Crippen molar-refractivity contribution in [3.63, 3.8) is 0 Å². The Morgan fingerprint density at radius 1 is 1.41 bits per heavy atom. The Balaban J connectivity index is 1.96. The summed E-state index contributed by atoms with van der Waals surface area (Å²) >= 11 is 1.73. The van der Waals surface area contributed by atoms with Crippen molar-refractivity contribution in [2.24, 2.45) is 11.8 Å². The Hall–Kier alpha value is -0.340. The van der Waals surface area contributed by atoms with E-state index in [2.05, 4.69) is 30.7 Å². The molecular formula is C15H24OS. The summed E-state index contributed by atoms with van der Waals surface area (Å²) < 4.78 is 0. The van der Waals surface area contributed by atoms with Gasteiger partial charge < -0.3 is 5.11 Å². The van der Waals surface area contributed by atoms with E-state index in [1.165, 1.54) is 24.8 Å². The molecule has 17 heavy (non-hydrogen) atoms. The third-order valence-corrected chi connectivity index (χ3v) is 4.99. The van der Waals surface area contributed by atoms with Crippen molar-refractivity contribution >= 4 is 11.3 Å². The maximum atomic E-state index is 10.7. The molecule has 2 unspecified atom stereocenters. The molecule has 1 aromatic heterocycles. The Morgan fingerprint density at radius 2 is 2.24 bits per heavy atom. The lowest BCUT2D eigenvalue weighted by Crippen LogP contribution is -2.30. The normalized spacial score (nSPS) is 30.5. The minimum atomic E-state index is -0.440. The van der Waals surface area contributed by atoms with Crippen LogP contribution in [0.2, 0.25) is 0 Å². The van der Waals surface area contributed by atoms with Gasteiger partial charge in [0.1, 0.15) is 0 Å². The molecule has 0 aromatic carbocycles. The van der Waals surface area contributed by atoms with E-state index in [1.54, 1.807) is 11.3 Å². The highest BCUT2D eigenvalue weighted by molar-refractivity contribution is 7.07. The molecule has 1 aliphatic carbocycles. The van der Waals surface area contributed by atoms with Gasteiger partial charge in [-0.05, 0) is 53.5 Å². The second-order valence-corrected chi connectivity index (χ2v) is 6.75. The number of hydrogen-bond acceptors (Lipinski definition) is 2. The average molecular weight is 252 g/mol. The predicted molar refractivity (Wildman–Crippen MR) is 74.4 cm³/mol. The zero-order valence-corrected chi connectivity index (χ0v) is 11.8. The van der Waals surface area contributed by atoms with Crippen LogP contribution in [0.1, 0.15) is 51.5 Å². The second kappa shape index (κ2) is 5.53. The third-order valence-electron chi connectivity index (χ3n) is 4.25. The van der Waals surface area contributed by atoms with Gasteiger partial charge in [-0.2, -0.15) is 11.3 Å². The molecule has 0 amide bonds. The van der Waals surface area contributed by atoms with E-state index in [-0.39, 0.29) is 0 Å². The molecule has 0 saturated heterocycles. The molecule has 0 radical (unpaired) electrons. The van der Waals surface area contributed by atoms with E-state index in [0.29, 0.717) is 0 Å². The minimum absolute atomic E-state index is 0.440. The van der Waals surface area contributed by atoms with Gasteiger partial charge >= 0.3 is 0 Å². The summed E-state index contributed by atoms with van der Waals surface area (Å²) in [5, 5.41) is 15.0. The van der Waals surface area contributed by atoms with Gasteiger partial charge in [0, 0.05) is 6.42 Å². The van der Waals surface area contributed by atoms with Crippen LogP contribution in [-0.4, -0.2) is 10.7 Å². The molecule has 1 heterocycles. The fourth-order valence-electron chi connectivity index (χ4n) is 3.03. The monoisotopic (exact) mass is 252 g/mol. The highest BCUT2D eigenvalue weighted by atomic mass is 32.1. The lowest BCUT2D eigenvalue weighted by atomic mass is 9.86. The first-order chi connectivity index (χ1) is 8.09. The van der Waals surface area contributed by atoms with E-state index in [0.717, 1.165) is 31.1 Å². The van der Waals surface area contributed by atoms with Gasteiger partial charge in [0.2, 0.25) is 0 Å². The molecule has 0 bridgehead atoms. The molecule has 1 fully saturated rings. The first-order valence-electron chi connectivity index (χ1n) is 6.82. The summed E-state index contributed by atoms with van der Waals surface area (Å²) in [6, 6.07) is 2.15. The van der Waals surface area contributed by atoms with Crippen molar-refractivity contribution in [1.29, 1.82) is 0 Å². The molecule has 1 aromatic rings. The van der Waals surface area contributed by atoms with Crippen LogP contribution in [0.15, 0.2) is 16.8 Å². The first kappa shape index (κ1) is 13.1. The standard InChI is InChI=1S/C15H24OS/c1-12(2)14-4-3-7-15(16,8-5-14)10-13-6-9-17-11-13/h6,9,11-12,14,16H,3-5,7-8,10H2,1-2H3. The van der Waals surface area contributed by atoms with E-state index in [9.17, 15) is 5.11 Å². The molecule has 2 atom stereocenters. The van der Waals surface area contributed by atoms with E-state index < -0.39 is 5.60 Å². The topological polar surface area (TPSA) is 20.2 Å². The van der Waals surface area contributed by atoms with Gasteiger partial charge in [-0.1, -0.05) is 26.7 Å². The van der Waals surface area contributed by atoms with Crippen molar-refractivity contribution in [3.05, 3.63) is 22.4 Å².